The monoisotopic (exact) mass is 431 g/mol. The maximum absolute atomic E-state index is 13.2. The summed E-state index contributed by atoms with van der Waals surface area (Å²) in [6, 6.07) is 5.27. The number of halogens is 1. The van der Waals surface area contributed by atoms with Crippen LogP contribution in [-0.4, -0.2) is 76.0 Å². The van der Waals surface area contributed by atoms with Gasteiger partial charge in [0, 0.05) is 37.8 Å². The number of likely N-dealkylation sites (tertiary alicyclic amines) is 1. The molecule has 0 aromatic heterocycles. The van der Waals surface area contributed by atoms with Crippen LogP contribution in [0, 0.1) is 0 Å². The summed E-state index contributed by atoms with van der Waals surface area (Å²) in [4.78, 5) is 15.2. The number of benzene rings is 1. The summed E-state index contributed by atoms with van der Waals surface area (Å²) in [6.45, 7) is 4.89. The average Bonchev–Trinajstić information content (AvgIpc) is 3.16. The van der Waals surface area contributed by atoms with Crippen molar-refractivity contribution in [2.45, 2.75) is 37.1 Å². The van der Waals surface area contributed by atoms with Crippen molar-refractivity contribution in [1.82, 2.24) is 14.5 Å². The average molecular weight is 432 g/mol. The Balaban J connectivity index is 0.00000280. The Kier molecular flexibility index (Phi) is 8.27. The topological polar surface area (TPSA) is 79.0 Å². The second kappa shape index (κ2) is 10.0. The quantitative estimate of drug-likeness (QED) is 0.738. The largest absolute Gasteiger partial charge is 0.379 e. The standard InChI is InChI=1S/C19H29N3O4S.ClH/c1-3-15-6-7-16(19(23)22-8-4-5-17(22)14-20-2)13-18(15)27(24,25)21-9-11-26-12-10-21;/h6-7,13,17,20H,3-5,8-12,14H2,1-2H3;1H. The van der Waals surface area contributed by atoms with E-state index < -0.39 is 10.0 Å². The SMILES string of the molecule is CCc1ccc(C(=O)N2CCCC2CNC)cc1S(=O)(=O)N1CCOCC1.Cl. The number of sulfonamides is 1. The van der Waals surface area contributed by atoms with Crippen LogP contribution in [0.15, 0.2) is 23.1 Å². The van der Waals surface area contributed by atoms with Crippen LogP contribution in [0.2, 0.25) is 0 Å². The number of amides is 1. The number of hydrogen-bond acceptors (Lipinski definition) is 5. The lowest BCUT2D eigenvalue weighted by atomic mass is 10.1. The van der Waals surface area contributed by atoms with Gasteiger partial charge in [-0.1, -0.05) is 13.0 Å². The van der Waals surface area contributed by atoms with Crippen molar-refractivity contribution in [2.75, 3.05) is 46.4 Å². The van der Waals surface area contributed by atoms with E-state index in [2.05, 4.69) is 5.32 Å². The van der Waals surface area contributed by atoms with Crippen LogP contribution in [0.3, 0.4) is 0 Å². The maximum Gasteiger partial charge on any atom is 0.254 e. The van der Waals surface area contributed by atoms with Crippen molar-refractivity contribution < 1.29 is 17.9 Å². The number of carbonyl (C=O) groups excluding carboxylic acids is 1. The van der Waals surface area contributed by atoms with Crippen LogP contribution >= 0.6 is 12.4 Å². The van der Waals surface area contributed by atoms with E-state index in [4.69, 9.17) is 4.74 Å². The van der Waals surface area contributed by atoms with Gasteiger partial charge in [0.05, 0.1) is 18.1 Å². The Labute approximate surface area is 173 Å². The van der Waals surface area contributed by atoms with Crippen LogP contribution in [0.25, 0.3) is 0 Å². The van der Waals surface area contributed by atoms with Gasteiger partial charge in [0.2, 0.25) is 10.0 Å². The molecule has 3 rings (SSSR count). The summed E-state index contributed by atoms with van der Waals surface area (Å²) < 4.78 is 33.1. The van der Waals surface area contributed by atoms with E-state index in [9.17, 15) is 13.2 Å². The summed E-state index contributed by atoms with van der Waals surface area (Å²) in [5.41, 5.74) is 1.19. The summed E-state index contributed by atoms with van der Waals surface area (Å²) in [7, 11) is -1.76. The highest BCUT2D eigenvalue weighted by atomic mass is 35.5. The van der Waals surface area contributed by atoms with Gasteiger partial charge in [-0.05, 0) is 44.0 Å². The van der Waals surface area contributed by atoms with Crippen molar-refractivity contribution >= 4 is 28.3 Å². The van der Waals surface area contributed by atoms with Gasteiger partial charge in [-0.25, -0.2) is 8.42 Å². The van der Waals surface area contributed by atoms with Gasteiger partial charge in [0.25, 0.3) is 5.91 Å². The molecule has 0 bridgehead atoms. The highest BCUT2D eigenvalue weighted by Crippen LogP contribution is 2.26. The second-order valence-corrected chi connectivity index (χ2v) is 8.95. The number of rotatable bonds is 6. The van der Waals surface area contributed by atoms with E-state index in [1.165, 1.54) is 4.31 Å². The number of ether oxygens (including phenoxy) is 1. The maximum atomic E-state index is 13.2. The van der Waals surface area contributed by atoms with E-state index in [0.29, 0.717) is 44.8 Å². The van der Waals surface area contributed by atoms with Gasteiger partial charge in [-0.3, -0.25) is 4.79 Å². The molecule has 0 spiro atoms. The molecule has 0 aliphatic carbocycles. The van der Waals surface area contributed by atoms with E-state index in [1.54, 1.807) is 18.2 Å². The molecule has 2 aliphatic rings. The highest BCUT2D eigenvalue weighted by Gasteiger charge is 2.32. The number of likely N-dealkylation sites (N-methyl/N-ethyl adjacent to an activating group) is 1. The minimum atomic E-state index is -3.64. The third-order valence-electron chi connectivity index (χ3n) is 5.36. The van der Waals surface area contributed by atoms with Gasteiger partial charge in [0.15, 0.2) is 0 Å². The smallest absolute Gasteiger partial charge is 0.254 e. The fraction of sp³-hybridized carbons (Fsp3) is 0.632. The first-order valence-corrected chi connectivity index (χ1v) is 11.1. The molecule has 2 heterocycles. The van der Waals surface area contributed by atoms with E-state index in [0.717, 1.165) is 24.9 Å². The zero-order chi connectivity index (χ0) is 19.4. The molecule has 2 aliphatic heterocycles. The molecule has 9 heteroatoms. The summed E-state index contributed by atoms with van der Waals surface area (Å²) in [6.07, 6.45) is 2.54. The van der Waals surface area contributed by atoms with E-state index >= 15 is 0 Å². The number of morpholine rings is 1. The first kappa shape index (κ1) is 23.1. The first-order valence-electron chi connectivity index (χ1n) is 9.65. The molecule has 1 amide bonds. The zero-order valence-corrected chi connectivity index (χ0v) is 18.2. The zero-order valence-electron chi connectivity index (χ0n) is 16.5. The summed E-state index contributed by atoms with van der Waals surface area (Å²) in [5, 5.41) is 3.13. The van der Waals surface area contributed by atoms with Crippen molar-refractivity contribution in [2.24, 2.45) is 0 Å². The lowest BCUT2D eigenvalue weighted by Crippen LogP contribution is -2.42. The Bertz CT molecular complexity index is 781. The van der Waals surface area contributed by atoms with Gasteiger partial charge in [0.1, 0.15) is 0 Å². The molecule has 0 radical (unpaired) electrons. The molecule has 1 unspecified atom stereocenters. The molecule has 7 nitrogen and oxygen atoms in total. The summed E-state index contributed by atoms with van der Waals surface area (Å²) >= 11 is 0. The second-order valence-electron chi connectivity index (χ2n) is 7.04. The predicted octanol–water partition coefficient (Wildman–Crippen LogP) is 1.52. The molecule has 0 saturated carbocycles. The minimum absolute atomic E-state index is 0. The van der Waals surface area contributed by atoms with Crippen LogP contribution in [0.5, 0.6) is 0 Å². The van der Waals surface area contributed by atoms with Crippen LogP contribution in [-0.2, 0) is 21.2 Å². The van der Waals surface area contributed by atoms with E-state index in [-0.39, 0.29) is 29.3 Å². The third kappa shape index (κ3) is 4.68. The van der Waals surface area contributed by atoms with Crippen LogP contribution in [0.4, 0.5) is 0 Å². The molecular formula is C19H30ClN3O4S. The van der Waals surface area contributed by atoms with Gasteiger partial charge < -0.3 is 15.0 Å². The number of nitrogens with one attached hydrogen (secondary N) is 1. The molecule has 2 saturated heterocycles. The Morgan fingerprint density at radius 1 is 1.25 bits per heavy atom. The lowest BCUT2D eigenvalue weighted by molar-refractivity contribution is 0.0727. The third-order valence-corrected chi connectivity index (χ3v) is 7.34. The summed E-state index contributed by atoms with van der Waals surface area (Å²) in [5.74, 6) is -0.0890. The molecule has 1 N–H and O–H groups in total. The fourth-order valence-corrected chi connectivity index (χ4v) is 5.59. The fourth-order valence-electron chi connectivity index (χ4n) is 3.86. The highest BCUT2D eigenvalue weighted by molar-refractivity contribution is 7.89. The van der Waals surface area contributed by atoms with Gasteiger partial charge in [-0.2, -0.15) is 4.31 Å². The molecule has 1 aromatic carbocycles. The molecule has 158 valence electrons. The molecule has 28 heavy (non-hydrogen) atoms. The van der Waals surface area contributed by atoms with Crippen molar-refractivity contribution in [3.05, 3.63) is 29.3 Å². The van der Waals surface area contributed by atoms with Crippen LogP contribution < -0.4 is 5.32 Å². The van der Waals surface area contributed by atoms with Gasteiger partial charge in [-0.15, -0.1) is 12.4 Å². The molecule has 1 atom stereocenters. The number of nitrogens with zero attached hydrogens (tertiary/aromatic N) is 2. The Morgan fingerprint density at radius 3 is 2.61 bits per heavy atom. The van der Waals surface area contributed by atoms with Crippen molar-refractivity contribution in [3.8, 4) is 0 Å². The van der Waals surface area contributed by atoms with Gasteiger partial charge >= 0.3 is 0 Å². The van der Waals surface area contributed by atoms with Crippen LogP contribution in [0.1, 0.15) is 35.7 Å². The molecule has 1 aromatic rings. The number of carbonyl (C=O) groups is 1. The Morgan fingerprint density at radius 2 is 1.96 bits per heavy atom. The van der Waals surface area contributed by atoms with E-state index in [1.807, 2.05) is 18.9 Å². The Hall–Kier alpha value is -1.19. The minimum Gasteiger partial charge on any atom is -0.379 e. The molecular weight excluding hydrogens is 402 g/mol. The molecule has 2 fully saturated rings. The number of aryl methyl sites for hydroxylation is 1. The lowest BCUT2D eigenvalue weighted by Gasteiger charge is -2.28. The first-order chi connectivity index (χ1) is 13.0. The van der Waals surface area contributed by atoms with Crippen molar-refractivity contribution in [1.29, 1.82) is 0 Å². The van der Waals surface area contributed by atoms with Crippen molar-refractivity contribution in [3.63, 3.8) is 0 Å². The normalized spacial score (nSPS) is 20.8. The predicted molar refractivity (Wildman–Crippen MR) is 111 cm³/mol. The number of hydrogen-bond donors (Lipinski definition) is 1.